The molecule has 3 aromatic carbocycles. The third-order valence-corrected chi connectivity index (χ3v) is 7.17. The number of ether oxygens (including phenoxy) is 3. The van der Waals surface area contributed by atoms with Crippen molar-refractivity contribution in [1.29, 1.82) is 0 Å². The lowest BCUT2D eigenvalue weighted by molar-refractivity contribution is -0.159. The molecule has 1 aliphatic rings. The minimum absolute atomic E-state index is 0.0401. The summed E-state index contributed by atoms with van der Waals surface area (Å²) in [5.74, 6) is -0.570. The van der Waals surface area contributed by atoms with E-state index in [-0.39, 0.29) is 30.0 Å². The van der Waals surface area contributed by atoms with Crippen LogP contribution in [0.15, 0.2) is 59.1 Å². The number of hydrogen-bond acceptors (Lipinski definition) is 5. The SMILES string of the molecule is COc1cc(Br)c(O[C@H]2CC[C@@](C)(C(=O)OCc3cccc4ccccc34)CC2)cc1C(=O)O. The molecule has 0 amide bonds. The highest BCUT2D eigenvalue weighted by Crippen LogP contribution is 2.40. The fourth-order valence-electron chi connectivity index (χ4n) is 4.43. The van der Waals surface area contributed by atoms with E-state index in [0.29, 0.717) is 35.9 Å². The zero-order valence-electron chi connectivity index (χ0n) is 19.2. The lowest BCUT2D eigenvalue weighted by Gasteiger charge is -2.35. The standard InChI is InChI=1S/C27H27BrO6/c1-27(26(31)33-16-18-8-5-7-17-6-3-4-9-20(17)18)12-10-19(11-13-27)34-24-14-21(25(29)30)23(32-2)15-22(24)28/h3-9,14-15,19H,10-13,16H2,1-2H3,(H,29,30)/t19-,27+. The van der Waals surface area contributed by atoms with E-state index in [0.717, 1.165) is 16.3 Å². The van der Waals surface area contributed by atoms with Crippen LogP contribution in [0.25, 0.3) is 10.8 Å². The number of rotatable bonds is 7. The molecule has 4 rings (SSSR count). The molecule has 1 saturated carbocycles. The van der Waals surface area contributed by atoms with E-state index >= 15 is 0 Å². The Morgan fingerprint density at radius 1 is 1.06 bits per heavy atom. The third kappa shape index (κ3) is 5.04. The molecule has 6 nitrogen and oxygen atoms in total. The Bertz CT molecular complexity index is 1210. The van der Waals surface area contributed by atoms with Crippen LogP contribution in [0.4, 0.5) is 0 Å². The van der Waals surface area contributed by atoms with E-state index in [2.05, 4.69) is 15.9 Å². The smallest absolute Gasteiger partial charge is 0.339 e. The molecule has 0 heterocycles. The number of carbonyl (C=O) groups excluding carboxylic acids is 1. The molecule has 34 heavy (non-hydrogen) atoms. The molecule has 0 unspecified atom stereocenters. The minimum atomic E-state index is -1.08. The van der Waals surface area contributed by atoms with Crippen LogP contribution in [0.1, 0.15) is 48.5 Å². The second-order valence-corrected chi connectivity index (χ2v) is 9.73. The van der Waals surface area contributed by atoms with Gasteiger partial charge in [-0.05, 0) is 77.0 Å². The summed E-state index contributed by atoms with van der Waals surface area (Å²) in [5.41, 5.74) is 0.456. The van der Waals surface area contributed by atoms with Crippen molar-refractivity contribution in [2.24, 2.45) is 5.41 Å². The van der Waals surface area contributed by atoms with Gasteiger partial charge in [0.15, 0.2) is 0 Å². The van der Waals surface area contributed by atoms with Crippen LogP contribution in [0.2, 0.25) is 0 Å². The van der Waals surface area contributed by atoms with Crippen LogP contribution in [-0.4, -0.2) is 30.3 Å². The molecular formula is C27H27BrO6. The first kappa shape index (κ1) is 24.1. The number of carboxylic acid groups (broad SMARTS) is 1. The van der Waals surface area contributed by atoms with Gasteiger partial charge in [0.05, 0.1) is 23.1 Å². The summed E-state index contributed by atoms with van der Waals surface area (Å²) in [7, 11) is 1.43. The van der Waals surface area contributed by atoms with E-state index in [1.165, 1.54) is 13.2 Å². The molecule has 1 fully saturated rings. The van der Waals surface area contributed by atoms with Crippen LogP contribution in [0.3, 0.4) is 0 Å². The Labute approximate surface area is 207 Å². The van der Waals surface area contributed by atoms with Gasteiger partial charge in [0, 0.05) is 0 Å². The van der Waals surface area contributed by atoms with Crippen molar-refractivity contribution < 1.29 is 28.9 Å². The summed E-state index contributed by atoms with van der Waals surface area (Å²) >= 11 is 3.43. The van der Waals surface area contributed by atoms with Gasteiger partial charge in [0.1, 0.15) is 23.7 Å². The molecule has 1 aliphatic carbocycles. The minimum Gasteiger partial charge on any atom is -0.496 e. The van der Waals surface area contributed by atoms with Gasteiger partial charge < -0.3 is 19.3 Å². The number of esters is 1. The predicted octanol–water partition coefficient (Wildman–Crippen LogP) is 6.38. The quantitative estimate of drug-likeness (QED) is 0.359. The topological polar surface area (TPSA) is 82.1 Å². The van der Waals surface area contributed by atoms with Crippen molar-refractivity contribution in [3.8, 4) is 11.5 Å². The Morgan fingerprint density at radius 3 is 2.47 bits per heavy atom. The molecule has 0 bridgehead atoms. The van der Waals surface area contributed by atoms with Gasteiger partial charge in [-0.2, -0.15) is 0 Å². The van der Waals surface area contributed by atoms with Gasteiger partial charge in [-0.25, -0.2) is 4.79 Å². The van der Waals surface area contributed by atoms with Crippen molar-refractivity contribution in [2.45, 2.75) is 45.3 Å². The number of aromatic carboxylic acids is 1. The second-order valence-electron chi connectivity index (χ2n) is 8.88. The van der Waals surface area contributed by atoms with Crippen LogP contribution < -0.4 is 9.47 Å². The van der Waals surface area contributed by atoms with Crippen molar-refractivity contribution in [1.82, 2.24) is 0 Å². The van der Waals surface area contributed by atoms with Crippen LogP contribution >= 0.6 is 15.9 Å². The van der Waals surface area contributed by atoms with Gasteiger partial charge in [0.2, 0.25) is 0 Å². The summed E-state index contributed by atoms with van der Waals surface area (Å²) in [6, 6.07) is 17.1. The van der Waals surface area contributed by atoms with E-state index in [1.807, 2.05) is 49.4 Å². The van der Waals surface area contributed by atoms with E-state index in [4.69, 9.17) is 14.2 Å². The molecule has 0 atom stereocenters. The van der Waals surface area contributed by atoms with Gasteiger partial charge in [-0.1, -0.05) is 42.5 Å². The fraction of sp³-hybridized carbons (Fsp3) is 0.333. The first-order chi connectivity index (χ1) is 16.3. The van der Waals surface area contributed by atoms with Gasteiger partial charge in [0.25, 0.3) is 0 Å². The highest BCUT2D eigenvalue weighted by molar-refractivity contribution is 9.10. The second kappa shape index (κ2) is 10.1. The molecule has 0 radical (unpaired) electrons. The molecule has 0 aromatic heterocycles. The zero-order valence-corrected chi connectivity index (χ0v) is 20.8. The predicted molar refractivity (Wildman–Crippen MR) is 132 cm³/mol. The molecule has 0 aliphatic heterocycles. The van der Waals surface area contributed by atoms with Crippen LogP contribution in [-0.2, 0) is 16.1 Å². The van der Waals surface area contributed by atoms with Crippen LogP contribution in [0, 0.1) is 5.41 Å². The fourth-order valence-corrected chi connectivity index (χ4v) is 4.84. The van der Waals surface area contributed by atoms with Crippen molar-refractivity contribution in [3.63, 3.8) is 0 Å². The zero-order chi connectivity index (χ0) is 24.3. The number of methoxy groups -OCH3 is 1. The lowest BCUT2D eigenvalue weighted by atomic mass is 9.74. The highest BCUT2D eigenvalue weighted by Gasteiger charge is 2.39. The lowest BCUT2D eigenvalue weighted by Crippen LogP contribution is -2.37. The molecule has 0 saturated heterocycles. The summed E-state index contributed by atoms with van der Waals surface area (Å²) < 4.78 is 17.6. The Kier molecular flexibility index (Phi) is 7.12. The number of benzene rings is 3. The normalized spacial score (nSPS) is 20.0. The average molecular weight is 527 g/mol. The van der Waals surface area contributed by atoms with Crippen molar-refractivity contribution in [2.75, 3.05) is 7.11 Å². The number of carboxylic acids is 1. The molecule has 1 N–H and O–H groups in total. The Morgan fingerprint density at radius 2 is 1.76 bits per heavy atom. The van der Waals surface area contributed by atoms with Gasteiger partial charge >= 0.3 is 11.9 Å². The maximum atomic E-state index is 13.0. The molecule has 178 valence electrons. The first-order valence-corrected chi connectivity index (χ1v) is 12.0. The maximum absolute atomic E-state index is 13.0. The van der Waals surface area contributed by atoms with Crippen molar-refractivity contribution in [3.05, 3.63) is 70.2 Å². The largest absolute Gasteiger partial charge is 0.496 e. The van der Waals surface area contributed by atoms with Crippen molar-refractivity contribution >= 4 is 38.6 Å². The highest BCUT2D eigenvalue weighted by atomic mass is 79.9. The summed E-state index contributed by atoms with van der Waals surface area (Å²) in [6.07, 6.45) is 2.48. The molecule has 0 spiro atoms. The van der Waals surface area contributed by atoms with E-state index in [1.54, 1.807) is 6.07 Å². The average Bonchev–Trinajstić information content (AvgIpc) is 2.84. The van der Waals surface area contributed by atoms with Crippen LogP contribution in [0.5, 0.6) is 11.5 Å². The molecule has 3 aromatic rings. The van der Waals surface area contributed by atoms with Gasteiger partial charge in [-0.3, -0.25) is 4.79 Å². The Balaban J connectivity index is 1.37. The molecular weight excluding hydrogens is 500 g/mol. The summed E-state index contributed by atoms with van der Waals surface area (Å²) in [5, 5.41) is 11.6. The number of halogens is 1. The van der Waals surface area contributed by atoms with E-state index < -0.39 is 11.4 Å². The first-order valence-electron chi connectivity index (χ1n) is 11.2. The maximum Gasteiger partial charge on any atom is 0.339 e. The number of fused-ring (bicyclic) bond motifs is 1. The van der Waals surface area contributed by atoms with E-state index in [9.17, 15) is 14.7 Å². The monoisotopic (exact) mass is 526 g/mol. The summed E-state index contributed by atoms with van der Waals surface area (Å²) in [6.45, 7) is 2.19. The van der Waals surface area contributed by atoms with Gasteiger partial charge in [-0.15, -0.1) is 0 Å². The number of carbonyl (C=O) groups is 2. The molecule has 7 heteroatoms. The summed E-state index contributed by atoms with van der Waals surface area (Å²) in [4.78, 5) is 24.5. The third-order valence-electron chi connectivity index (χ3n) is 6.55. The Hall–Kier alpha value is -3.06. The number of hydrogen-bond donors (Lipinski definition) is 1.